The Hall–Kier alpha value is -1.37. The predicted octanol–water partition coefficient (Wildman–Crippen LogP) is 2.91. The summed E-state index contributed by atoms with van der Waals surface area (Å²) < 4.78 is 15.0. The third-order valence-corrected chi connectivity index (χ3v) is 8.11. The van der Waals surface area contributed by atoms with Crippen LogP contribution in [0.15, 0.2) is 29.7 Å². The van der Waals surface area contributed by atoms with E-state index in [1.807, 2.05) is 31.4 Å². The van der Waals surface area contributed by atoms with Crippen molar-refractivity contribution in [3.8, 4) is 0 Å². The first-order valence-electron chi connectivity index (χ1n) is 10.0. The Balaban J connectivity index is 1.74. The molecule has 4 rings (SSSR count). The molecule has 4 nitrogen and oxygen atoms in total. The fourth-order valence-corrected chi connectivity index (χ4v) is 6.40. The molecule has 4 N–H and O–H groups in total. The van der Waals surface area contributed by atoms with E-state index in [1.54, 1.807) is 6.07 Å². The van der Waals surface area contributed by atoms with Crippen molar-refractivity contribution in [1.82, 2.24) is 5.32 Å². The van der Waals surface area contributed by atoms with Gasteiger partial charge >= 0.3 is 0 Å². The monoisotopic (exact) mass is 404 g/mol. The lowest BCUT2D eigenvalue weighted by molar-refractivity contribution is -0.128. The number of thioether (sulfide) groups is 1. The van der Waals surface area contributed by atoms with Gasteiger partial charge in [0.25, 0.3) is 0 Å². The summed E-state index contributed by atoms with van der Waals surface area (Å²) in [5.74, 6) is -0.102. The van der Waals surface area contributed by atoms with Crippen LogP contribution in [0.4, 0.5) is 4.39 Å². The number of amides is 1. The number of hydrogen-bond acceptors (Lipinski definition) is 4. The maximum Gasteiger partial charge on any atom is 0.234 e. The summed E-state index contributed by atoms with van der Waals surface area (Å²) in [7, 11) is 0. The van der Waals surface area contributed by atoms with Crippen molar-refractivity contribution in [2.45, 2.75) is 55.9 Å². The van der Waals surface area contributed by atoms with Gasteiger partial charge in [-0.05, 0) is 40.9 Å². The largest absolute Gasteiger partial charge is 0.392 e. The second-order valence-electron chi connectivity index (χ2n) is 9.21. The molecule has 7 unspecified atom stereocenters. The molecule has 1 amide bonds. The van der Waals surface area contributed by atoms with Crippen molar-refractivity contribution in [3.63, 3.8) is 0 Å². The smallest absolute Gasteiger partial charge is 0.234 e. The van der Waals surface area contributed by atoms with E-state index in [2.05, 4.69) is 18.3 Å². The van der Waals surface area contributed by atoms with E-state index in [4.69, 9.17) is 5.73 Å². The molecule has 152 valence electrons. The number of piperidine rings is 1. The van der Waals surface area contributed by atoms with E-state index in [1.165, 1.54) is 11.8 Å². The first-order valence-corrected chi connectivity index (χ1v) is 11.0. The van der Waals surface area contributed by atoms with Crippen LogP contribution < -0.4 is 11.1 Å². The zero-order valence-electron chi connectivity index (χ0n) is 16.6. The number of benzene rings is 1. The van der Waals surface area contributed by atoms with E-state index in [9.17, 15) is 9.90 Å². The van der Waals surface area contributed by atoms with Crippen molar-refractivity contribution in [3.05, 3.63) is 46.6 Å². The molecule has 6 heteroatoms. The average molecular weight is 405 g/mol. The number of hydrogen-bond donors (Lipinski definition) is 3. The Bertz CT molecular complexity index is 812. The highest BCUT2D eigenvalue weighted by Crippen LogP contribution is 2.51. The molecule has 3 aliphatic rings. The van der Waals surface area contributed by atoms with Crippen molar-refractivity contribution in [2.24, 2.45) is 23.5 Å². The van der Waals surface area contributed by atoms with Gasteiger partial charge in [-0.2, -0.15) is 0 Å². The third-order valence-electron chi connectivity index (χ3n) is 6.98. The van der Waals surface area contributed by atoms with Crippen molar-refractivity contribution in [1.29, 1.82) is 0 Å². The standard InChI is InChI=1S/C22H29FN2O2S/c1-11-8-16(26)17(12-4-5-14(15(23)9-12)22(2,3)10-24)18-13-6-7-28-20(13)21(27)25-19(11)18/h4-7,9,11,13,16-20,26H,8,10,24H2,1-3H3,(H,25,27). The Morgan fingerprint density at radius 1 is 1.39 bits per heavy atom. The summed E-state index contributed by atoms with van der Waals surface area (Å²) in [6.45, 7) is 6.30. The maximum atomic E-state index is 15.0. The molecule has 0 spiro atoms. The lowest BCUT2D eigenvalue weighted by Crippen LogP contribution is -2.62. The van der Waals surface area contributed by atoms with Crippen LogP contribution >= 0.6 is 11.8 Å². The molecule has 2 fully saturated rings. The molecule has 1 aromatic carbocycles. The second-order valence-corrected chi connectivity index (χ2v) is 10.3. The lowest BCUT2D eigenvalue weighted by atomic mass is 9.60. The fourth-order valence-electron chi connectivity index (χ4n) is 5.32. The average Bonchev–Trinajstić information content (AvgIpc) is 3.13. The highest BCUT2D eigenvalue weighted by Gasteiger charge is 2.54. The Kier molecular flexibility index (Phi) is 5.09. The van der Waals surface area contributed by atoms with Crippen LogP contribution in [0, 0.1) is 23.6 Å². The minimum absolute atomic E-state index is 0.00581. The van der Waals surface area contributed by atoms with Crippen LogP contribution in [0.2, 0.25) is 0 Å². The molecule has 0 radical (unpaired) electrons. The van der Waals surface area contributed by atoms with E-state index < -0.39 is 11.5 Å². The number of nitrogens with two attached hydrogens (primary N) is 1. The number of aliphatic hydroxyl groups excluding tert-OH is 1. The van der Waals surface area contributed by atoms with Crippen LogP contribution in [-0.2, 0) is 10.2 Å². The first-order chi connectivity index (χ1) is 13.2. The SMILES string of the molecule is CC1CC(O)C(c2ccc(C(C)(C)CN)c(F)c2)C2C3C=CSC3C(=O)NC12. The molecule has 1 saturated carbocycles. The van der Waals surface area contributed by atoms with Gasteiger partial charge in [-0.15, -0.1) is 11.8 Å². The molecule has 28 heavy (non-hydrogen) atoms. The highest BCUT2D eigenvalue weighted by atomic mass is 32.2. The van der Waals surface area contributed by atoms with E-state index in [-0.39, 0.29) is 46.7 Å². The summed E-state index contributed by atoms with van der Waals surface area (Å²) in [5, 5.41) is 16.0. The molecular formula is C22H29FN2O2S. The highest BCUT2D eigenvalue weighted by molar-refractivity contribution is 8.03. The van der Waals surface area contributed by atoms with Gasteiger partial charge in [0.2, 0.25) is 5.91 Å². The van der Waals surface area contributed by atoms with E-state index in [0.717, 1.165) is 5.56 Å². The number of fused-ring (bicyclic) bond motifs is 3. The summed E-state index contributed by atoms with van der Waals surface area (Å²) in [5.41, 5.74) is 6.79. The Morgan fingerprint density at radius 3 is 2.82 bits per heavy atom. The molecule has 1 saturated heterocycles. The zero-order chi connectivity index (χ0) is 20.2. The summed E-state index contributed by atoms with van der Waals surface area (Å²) >= 11 is 1.54. The molecular weight excluding hydrogens is 375 g/mol. The van der Waals surface area contributed by atoms with Crippen molar-refractivity contribution >= 4 is 17.7 Å². The van der Waals surface area contributed by atoms with E-state index in [0.29, 0.717) is 18.5 Å². The quantitative estimate of drug-likeness (QED) is 0.724. The number of carbonyl (C=O) groups is 1. The van der Waals surface area contributed by atoms with Gasteiger partial charge < -0.3 is 16.2 Å². The number of allylic oxidation sites excluding steroid dienone is 1. The van der Waals surface area contributed by atoms with Gasteiger partial charge in [0.15, 0.2) is 0 Å². The normalized spacial score (nSPS) is 37.4. The summed E-state index contributed by atoms with van der Waals surface area (Å²) in [6.07, 6.45) is 2.14. The van der Waals surface area contributed by atoms with Gasteiger partial charge in [-0.1, -0.05) is 39.0 Å². The van der Waals surface area contributed by atoms with Gasteiger partial charge in [0.05, 0.1) is 11.4 Å². The van der Waals surface area contributed by atoms with Gasteiger partial charge in [0, 0.05) is 29.8 Å². The molecule has 0 bridgehead atoms. The van der Waals surface area contributed by atoms with Crippen LogP contribution in [0.3, 0.4) is 0 Å². The van der Waals surface area contributed by atoms with E-state index >= 15 is 4.39 Å². The summed E-state index contributed by atoms with van der Waals surface area (Å²) in [4.78, 5) is 12.5. The molecule has 2 aliphatic heterocycles. The predicted molar refractivity (Wildman–Crippen MR) is 110 cm³/mol. The first kappa shape index (κ1) is 19.9. The number of carbonyl (C=O) groups excluding carboxylic acids is 1. The number of nitrogens with one attached hydrogen (secondary N) is 1. The van der Waals surface area contributed by atoms with Crippen LogP contribution in [-0.4, -0.2) is 35.0 Å². The van der Waals surface area contributed by atoms with Crippen molar-refractivity contribution in [2.75, 3.05) is 6.54 Å². The Labute approximate surface area is 170 Å². The summed E-state index contributed by atoms with van der Waals surface area (Å²) in [6, 6.07) is 5.32. The number of aliphatic hydroxyl groups is 1. The lowest BCUT2D eigenvalue weighted by Gasteiger charge is -2.51. The molecule has 0 aromatic heterocycles. The fraction of sp³-hybridized carbons (Fsp3) is 0.591. The molecule has 7 atom stereocenters. The maximum absolute atomic E-state index is 15.0. The van der Waals surface area contributed by atoms with Crippen LogP contribution in [0.1, 0.15) is 44.2 Å². The van der Waals surface area contributed by atoms with Crippen LogP contribution in [0.5, 0.6) is 0 Å². The minimum atomic E-state index is -0.557. The molecule has 1 aliphatic carbocycles. The topological polar surface area (TPSA) is 75.3 Å². The number of halogens is 1. The zero-order valence-corrected chi connectivity index (χ0v) is 17.4. The van der Waals surface area contributed by atoms with Gasteiger partial charge in [-0.3, -0.25) is 4.79 Å². The molecule has 1 aromatic rings. The van der Waals surface area contributed by atoms with Crippen molar-refractivity contribution < 1.29 is 14.3 Å². The number of rotatable bonds is 3. The van der Waals surface area contributed by atoms with Gasteiger partial charge in [0.1, 0.15) is 5.82 Å². The second kappa shape index (κ2) is 7.15. The minimum Gasteiger partial charge on any atom is -0.392 e. The van der Waals surface area contributed by atoms with Gasteiger partial charge in [-0.25, -0.2) is 4.39 Å². The molecule has 2 heterocycles. The van der Waals surface area contributed by atoms with Crippen LogP contribution in [0.25, 0.3) is 0 Å². The Morgan fingerprint density at radius 2 is 2.14 bits per heavy atom. The third kappa shape index (κ3) is 3.10.